The molecule has 1 fully saturated rings. The standard InChI is InChI=1S/C31H33N3O3/c1-20-15-21(2)18-34(17-20)19-22-9-12-25(13-10-22)32-29(23-7-5-4-6-8-23)28-26-14-11-24(31(36)37-3)16-27(26)33-30(28)35/h4-14,16,20-21,32H,15,17-19H2,1-3H3,(H,33,35). The summed E-state index contributed by atoms with van der Waals surface area (Å²) in [4.78, 5) is 27.7. The Kier molecular flexibility index (Phi) is 7.10. The van der Waals surface area contributed by atoms with Crippen LogP contribution in [0.3, 0.4) is 0 Å². The van der Waals surface area contributed by atoms with Crippen molar-refractivity contribution in [3.63, 3.8) is 0 Å². The number of piperidine rings is 1. The van der Waals surface area contributed by atoms with Gasteiger partial charge in [-0.3, -0.25) is 9.69 Å². The zero-order chi connectivity index (χ0) is 25.9. The zero-order valence-corrected chi connectivity index (χ0v) is 21.6. The van der Waals surface area contributed by atoms with Gasteiger partial charge in [-0.15, -0.1) is 0 Å². The Morgan fingerprint density at radius 3 is 2.35 bits per heavy atom. The van der Waals surface area contributed by atoms with Crippen molar-refractivity contribution in [3.8, 4) is 0 Å². The lowest BCUT2D eigenvalue weighted by Gasteiger charge is -2.35. The third-order valence-corrected chi connectivity index (χ3v) is 7.07. The van der Waals surface area contributed by atoms with Crippen molar-refractivity contribution < 1.29 is 14.3 Å². The number of amides is 1. The van der Waals surface area contributed by atoms with E-state index in [1.165, 1.54) is 19.1 Å². The Labute approximate surface area is 218 Å². The summed E-state index contributed by atoms with van der Waals surface area (Å²) in [5.41, 5.74) is 6.07. The Morgan fingerprint density at radius 2 is 1.68 bits per heavy atom. The number of likely N-dealkylation sites (tertiary alicyclic amines) is 1. The highest BCUT2D eigenvalue weighted by Gasteiger charge is 2.29. The first-order valence-electron chi connectivity index (χ1n) is 12.8. The zero-order valence-electron chi connectivity index (χ0n) is 21.6. The molecule has 2 unspecified atom stereocenters. The second kappa shape index (κ2) is 10.6. The van der Waals surface area contributed by atoms with E-state index in [4.69, 9.17) is 4.74 Å². The maximum atomic E-state index is 13.2. The fourth-order valence-corrected chi connectivity index (χ4v) is 5.57. The van der Waals surface area contributed by atoms with Gasteiger partial charge < -0.3 is 15.4 Å². The van der Waals surface area contributed by atoms with E-state index in [1.54, 1.807) is 18.2 Å². The summed E-state index contributed by atoms with van der Waals surface area (Å²) in [7, 11) is 1.34. The number of nitrogens with one attached hydrogen (secondary N) is 2. The summed E-state index contributed by atoms with van der Waals surface area (Å²) in [6, 6.07) is 23.4. The van der Waals surface area contributed by atoms with Crippen LogP contribution in [0.5, 0.6) is 0 Å². The topological polar surface area (TPSA) is 70.7 Å². The van der Waals surface area contributed by atoms with Crippen LogP contribution < -0.4 is 10.6 Å². The molecule has 3 aromatic rings. The van der Waals surface area contributed by atoms with E-state index in [9.17, 15) is 9.59 Å². The van der Waals surface area contributed by atoms with Crippen molar-refractivity contribution in [1.82, 2.24) is 4.90 Å². The number of methoxy groups -OCH3 is 1. The van der Waals surface area contributed by atoms with Crippen molar-refractivity contribution >= 4 is 34.5 Å². The quantitative estimate of drug-likeness (QED) is 0.330. The van der Waals surface area contributed by atoms with Gasteiger partial charge >= 0.3 is 5.97 Å². The molecule has 1 saturated heterocycles. The van der Waals surface area contributed by atoms with Gasteiger partial charge in [0.15, 0.2) is 0 Å². The molecule has 37 heavy (non-hydrogen) atoms. The average molecular weight is 496 g/mol. The molecule has 0 aliphatic carbocycles. The third-order valence-electron chi connectivity index (χ3n) is 7.07. The highest BCUT2D eigenvalue weighted by Crippen LogP contribution is 2.38. The number of fused-ring (bicyclic) bond motifs is 1. The molecule has 2 aliphatic heterocycles. The minimum absolute atomic E-state index is 0.215. The number of benzene rings is 3. The van der Waals surface area contributed by atoms with E-state index in [0.717, 1.165) is 48.3 Å². The molecule has 6 nitrogen and oxygen atoms in total. The van der Waals surface area contributed by atoms with Crippen molar-refractivity contribution in [2.45, 2.75) is 26.8 Å². The summed E-state index contributed by atoms with van der Waals surface area (Å²) in [6.45, 7) is 7.89. The summed E-state index contributed by atoms with van der Waals surface area (Å²) in [5, 5.41) is 6.43. The number of rotatable bonds is 6. The molecule has 1 amide bonds. The fraction of sp³-hybridized carbons (Fsp3) is 0.290. The Morgan fingerprint density at radius 1 is 0.973 bits per heavy atom. The first-order chi connectivity index (χ1) is 17.9. The second-order valence-electron chi connectivity index (χ2n) is 10.3. The molecular formula is C31H33N3O3. The summed E-state index contributed by atoms with van der Waals surface area (Å²) >= 11 is 0. The normalized spacial score (nSPS) is 20.7. The van der Waals surface area contributed by atoms with Gasteiger partial charge in [0.05, 0.1) is 29.6 Å². The average Bonchev–Trinajstić information content (AvgIpc) is 3.22. The van der Waals surface area contributed by atoms with Crippen LogP contribution in [-0.2, 0) is 16.1 Å². The molecule has 3 aromatic carbocycles. The molecule has 0 bridgehead atoms. The maximum Gasteiger partial charge on any atom is 0.337 e. The molecule has 0 saturated carbocycles. The van der Waals surface area contributed by atoms with Crippen LogP contribution in [-0.4, -0.2) is 37.0 Å². The van der Waals surface area contributed by atoms with Crippen LogP contribution in [0.25, 0.3) is 11.3 Å². The molecule has 2 N–H and O–H groups in total. The molecule has 2 aliphatic rings. The molecule has 5 rings (SSSR count). The van der Waals surface area contributed by atoms with Crippen LogP contribution in [0.4, 0.5) is 11.4 Å². The summed E-state index contributed by atoms with van der Waals surface area (Å²) in [6.07, 6.45) is 1.30. The molecule has 190 valence electrons. The lowest BCUT2D eigenvalue weighted by molar-refractivity contribution is -0.110. The van der Waals surface area contributed by atoms with Gasteiger partial charge in [0.1, 0.15) is 0 Å². The maximum absolute atomic E-state index is 13.2. The van der Waals surface area contributed by atoms with Gasteiger partial charge in [0.25, 0.3) is 5.91 Å². The van der Waals surface area contributed by atoms with Crippen LogP contribution in [0.1, 0.15) is 47.3 Å². The molecular weight excluding hydrogens is 462 g/mol. The fourth-order valence-electron chi connectivity index (χ4n) is 5.57. The monoisotopic (exact) mass is 495 g/mol. The van der Waals surface area contributed by atoms with Crippen LogP contribution in [0, 0.1) is 11.8 Å². The minimum Gasteiger partial charge on any atom is -0.465 e. The molecule has 2 heterocycles. The summed E-state index contributed by atoms with van der Waals surface area (Å²) < 4.78 is 4.83. The van der Waals surface area contributed by atoms with Crippen LogP contribution >= 0.6 is 0 Å². The number of nitrogens with zero attached hydrogens (tertiary/aromatic N) is 1. The number of carbonyl (C=O) groups is 2. The number of esters is 1. The lowest BCUT2D eigenvalue weighted by atomic mass is 9.91. The number of ether oxygens (including phenoxy) is 1. The van der Waals surface area contributed by atoms with Gasteiger partial charge in [-0.2, -0.15) is 0 Å². The Balaban J connectivity index is 1.45. The molecule has 0 radical (unpaired) electrons. The highest BCUT2D eigenvalue weighted by molar-refractivity contribution is 6.37. The number of anilines is 2. The van der Waals surface area contributed by atoms with Crippen molar-refractivity contribution in [2.75, 3.05) is 30.8 Å². The van der Waals surface area contributed by atoms with E-state index < -0.39 is 5.97 Å². The van der Waals surface area contributed by atoms with E-state index in [2.05, 4.69) is 53.6 Å². The first-order valence-corrected chi connectivity index (χ1v) is 12.8. The lowest BCUT2D eigenvalue weighted by Crippen LogP contribution is -2.38. The predicted molar refractivity (Wildman–Crippen MR) is 148 cm³/mol. The van der Waals surface area contributed by atoms with Gasteiger partial charge in [-0.25, -0.2) is 4.79 Å². The highest BCUT2D eigenvalue weighted by atomic mass is 16.5. The van der Waals surface area contributed by atoms with Gasteiger partial charge in [0, 0.05) is 30.9 Å². The van der Waals surface area contributed by atoms with Crippen LogP contribution in [0.15, 0.2) is 72.8 Å². The van der Waals surface area contributed by atoms with E-state index in [0.29, 0.717) is 22.5 Å². The van der Waals surface area contributed by atoms with E-state index in [-0.39, 0.29) is 5.91 Å². The molecule has 0 aromatic heterocycles. The molecule has 0 spiro atoms. The largest absolute Gasteiger partial charge is 0.465 e. The molecule has 2 atom stereocenters. The van der Waals surface area contributed by atoms with Crippen molar-refractivity contribution in [3.05, 3.63) is 95.1 Å². The van der Waals surface area contributed by atoms with Gasteiger partial charge in [-0.1, -0.05) is 62.4 Å². The first kappa shape index (κ1) is 24.8. The Hall–Kier alpha value is -3.90. The van der Waals surface area contributed by atoms with E-state index in [1.807, 2.05) is 30.3 Å². The minimum atomic E-state index is -0.440. The third kappa shape index (κ3) is 5.44. The van der Waals surface area contributed by atoms with Crippen molar-refractivity contribution in [1.29, 1.82) is 0 Å². The SMILES string of the molecule is COC(=O)c1ccc2c(c1)NC(=O)C2=C(Nc1ccc(CN2CC(C)CC(C)C2)cc1)c1ccccc1. The van der Waals surface area contributed by atoms with Gasteiger partial charge in [0.2, 0.25) is 0 Å². The predicted octanol–water partition coefficient (Wildman–Crippen LogP) is 5.88. The van der Waals surface area contributed by atoms with Crippen LogP contribution in [0.2, 0.25) is 0 Å². The number of carbonyl (C=O) groups excluding carboxylic acids is 2. The summed E-state index contributed by atoms with van der Waals surface area (Å²) in [5.74, 6) is 0.806. The van der Waals surface area contributed by atoms with E-state index >= 15 is 0 Å². The van der Waals surface area contributed by atoms with Gasteiger partial charge in [-0.05, 0) is 53.6 Å². The van der Waals surface area contributed by atoms with Crippen molar-refractivity contribution in [2.24, 2.45) is 11.8 Å². The second-order valence-corrected chi connectivity index (χ2v) is 10.3. The number of hydrogen-bond acceptors (Lipinski definition) is 5. The number of hydrogen-bond donors (Lipinski definition) is 2. The molecule has 6 heteroatoms. The smallest absolute Gasteiger partial charge is 0.337 e. The Bertz CT molecular complexity index is 1320.